The number of methoxy groups -OCH3 is 1. The summed E-state index contributed by atoms with van der Waals surface area (Å²) in [6, 6.07) is 8.16. The highest BCUT2D eigenvalue weighted by Crippen LogP contribution is 2.47. The monoisotopic (exact) mass is 313 g/mol. The highest BCUT2D eigenvalue weighted by Gasteiger charge is 2.33. The van der Waals surface area contributed by atoms with Crippen LogP contribution in [0.4, 0.5) is 5.00 Å². The number of rotatable bonds is 2. The molecule has 2 aromatic rings. The molecule has 4 heteroatoms. The summed E-state index contributed by atoms with van der Waals surface area (Å²) in [6.07, 6.45) is 5.40. The van der Waals surface area contributed by atoms with Crippen LogP contribution in [0.1, 0.15) is 46.7 Å². The zero-order valence-corrected chi connectivity index (χ0v) is 13.5. The van der Waals surface area contributed by atoms with Crippen LogP contribution in [0.2, 0.25) is 0 Å². The lowest BCUT2D eigenvalue weighted by Crippen LogP contribution is -2.23. The average molecular weight is 313 g/mol. The van der Waals surface area contributed by atoms with E-state index in [0.29, 0.717) is 6.42 Å². The van der Waals surface area contributed by atoms with Gasteiger partial charge in [-0.3, -0.25) is 4.79 Å². The molecule has 1 amide bonds. The number of benzene rings is 1. The Hall–Kier alpha value is -1.81. The van der Waals surface area contributed by atoms with E-state index in [1.54, 1.807) is 18.4 Å². The van der Waals surface area contributed by atoms with Gasteiger partial charge in [0.15, 0.2) is 0 Å². The van der Waals surface area contributed by atoms with Crippen molar-refractivity contribution < 1.29 is 9.53 Å². The lowest BCUT2D eigenvalue weighted by atomic mass is 9.82. The molecule has 1 N–H and O–H groups in total. The minimum absolute atomic E-state index is 0.131. The first-order chi connectivity index (χ1) is 10.8. The minimum Gasteiger partial charge on any atom is -0.497 e. The van der Waals surface area contributed by atoms with E-state index >= 15 is 0 Å². The van der Waals surface area contributed by atoms with E-state index in [-0.39, 0.29) is 11.8 Å². The number of anilines is 1. The fraction of sp³-hybridized carbons (Fsp3) is 0.389. The van der Waals surface area contributed by atoms with Gasteiger partial charge in [0.05, 0.1) is 12.1 Å². The Bertz CT molecular complexity index is 717. The number of carbonyl (C=O) groups excluding carboxylic acids is 1. The van der Waals surface area contributed by atoms with Crippen LogP contribution >= 0.6 is 11.3 Å². The second-order valence-electron chi connectivity index (χ2n) is 6.03. The summed E-state index contributed by atoms with van der Waals surface area (Å²) in [7, 11) is 1.68. The number of nitrogens with one attached hydrogen (secondary N) is 1. The molecule has 1 aliphatic heterocycles. The minimum atomic E-state index is 0.131. The Balaban J connectivity index is 1.80. The van der Waals surface area contributed by atoms with Crippen molar-refractivity contribution in [2.75, 3.05) is 12.4 Å². The van der Waals surface area contributed by atoms with Crippen molar-refractivity contribution in [3.05, 3.63) is 45.8 Å². The van der Waals surface area contributed by atoms with Crippen molar-refractivity contribution in [3.63, 3.8) is 0 Å². The molecule has 1 aliphatic carbocycles. The van der Waals surface area contributed by atoms with E-state index in [0.717, 1.165) is 23.6 Å². The second-order valence-corrected chi connectivity index (χ2v) is 7.14. The molecule has 3 nitrogen and oxygen atoms in total. The SMILES string of the molecule is COc1ccc(C2CC(=O)Nc3sc4c(c32)CCCC4)cc1. The number of fused-ring (bicyclic) bond motifs is 3. The lowest BCUT2D eigenvalue weighted by molar-refractivity contribution is -0.116. The molecule has 22 heavy (non-hydrogen) atoms. The zero-order chi connectivity index (χ0) is 15.1. The van der Waals surface area contributed by atoms with Crippen LogP contribution in [-0.2, 0) is 17.6 Å². The van der Waals surface area contributed by atoms with Gasteiger partial charge in [-0.1, -0.05) is 12.1 Å². The number of carbonyl (C=O) groups is 1. The van der Waals surface area contributed by atoms with Crippen LogP contribution in [0.15, 0.2) is 24.3 Å². The van der Waals surface area contributed by atoms with E-state index in [1.165, 1.54) is 34.4 Å². The van der Waals surface area contributed by atoms with Gasteiger partial charge in [0.1, 0.15) is 5.75 Å². The molecule has 2 aliphatic rings. The predicted octanol–water partition coefficient (Wildman–Crippen LogP) is 4.11. The van der Waals surface area contributed by atoms with Crippen LogP contribution in [-0.4, -0.2) is 13.0 Å². The molecule has 1 aromatic heterocycles. The van der Waals surface area contributed by atoms with E-state index < -0.39 is 0 Å². The van der Waals surface area contributed by atoms with Gasteiger partial charge in [-0.25, -0.2) is 0 Å². The van der Waals surface area contributed by atoms with Gasteiger partial charge in [-0.05, 0) is 54.5 Å². The van der Waals surface area contributed by atoms with Crippen molar-refractivity contribution >= 4 is 22.2 Å². The molecular weight excluding hydrogens is 294 g/mol. The molecule has 1 unspecified atom stereocenters. The molecule has 1 atom stereocenters. The van der Waals surface area contributed by atoms with E-state index in [2.05, 4.69) is 17.4 Å². The third kappa shape index (κ3) is 2.22. The average Bonchev–Trinajstić information content (AvgIpc) is 2.92. The number of aryl methyl sites for hydroxylation is 1. The second kappa shape index (κ2) is 5.43. The van der Waals surface area contributed by atoms with Crippen molar-refractivity contribution in [1.82, 2.24) is 0 Å². The first-order valence-corrected chi connectivity index (χ1v) is 8.66. The summed E-state index contributed by atoms with van der Waals surface area (Å²) in [5.41, 5.74) is 4.10. The van der Waals surface area contributed by atoms with Gasteiger partial charge < -0.3 is 10.1 Å². The van der Waals surface area contributed by atoms with E-state index in [4.69, 9.17) is 4.74 Å². The fourth-order valence-electron chi connectivity index (χ4n) is 3.64. The summed E-state index contributed by atoms with van der Waals surface area (Å²) in [4.78, 5) is 13.6. The molecule has 2 heterocycles. The zero-order valence-electron chi connectivity index (χ0n) is 12.6. The first kappa shape index (κ1) is 13.8. The van der Waals surface area contributed by atoms with Gasteiger partial charge in [-0.15, -0.1) is 11.3 Å². The van der Waals surface area contributed by atoms with Gasteiger partial charge in [0.2, 0.25) is 5.91 Å². The highest BCUT2D eigenvalue weighted by molar-refractivity contribution is 7.16. The lowest BCUT2D eigenvalue weighted by Gasteiger charge is -2.25. The Labute approximate surface area is 134 Å². The fourth-order valence-corrected chi connectivity index (χ4v) is 5.01. The normalized spacial score (nSPS) is 20.0. The number of hydrogen-bond acceptors (Lipinski definition) is 3. The van der Waals surface area contributed by atoms with Crippen LogP contribution in [0, 0.1) is 0 Å². The number of ether oxygens (including phenoxy) is 1. The van der Waals surface area contributed by atoms with Crippen molar-refractivity contribution in [2.24, 2.45) is 0 Å². The van der Waals surface area contributed by atoms with Crippen molar-refractivity contribution in [3.8, 4) is 5.75 Å². The number of hydrogen-bond donors (Lipinski definition) is 1. The molecule has 1 aromatic carbocycles. The molecule has 0 saturated heterocycles. The molecule has 0 saturated carbocycles. The van der Waals surface area contributed by atoms with Crippen LogP contribution in [0.25, 0.3) is 0 Å². The summed E-state index contributed by atoms with van der Waals surface area (Å²) < 4.78 is 5.25. The summed E-state index contributed by atoms with van der Waals surface area (Å²) in [6.45, 7) is 0. The molecule has 0 radical (unpaired) electrons. The van der Waals surface area contributed by atoms with Gasteiger partial charge >= 0.3 is 0 Å². The van der Waals surface area contributed by atoms with E-state index in [9.17, 15) is 4.79 Å². The standard InChI is InChI=1S/C18H19NO2S/c1-21-12-8-6-11(7-9-12)14-10-16(20)19-18-17(14)13-4-2-3-5-15(13)22-18/h6-9,14H,2-5,10H2,1H3,(H,19,20). The Morgan fingerprint density at radius 2 is 1.95 bits per heavy atom. The maximum Gasteiger partial charge on any atom is 0.225 e. The van der Waals surface area contributed by atoms with Crippen LogP contribution in [0.5, 0.6) is 5.75 Å². The Kier molecular flexibility index (Phi) is 3.41. The summed E-state index contributed by atoms with van der Waals surface area (Å²) in [5.74, 6) is 1.18. The van der Waals surface area contributed by atoms with Crippen LogP contribution < -0.4 is 10.1 Å². The largest absolute Gasteiger partial charge is 0.497 e. The predicted molar refractivity (Wildman–Crippen MR) is 89.0 cm³/mol. The van der Waals surface area contributed by atoms with Gasteiger partial charge in [0, 0.05) is 17.2 Å². The number of thiophene rings is 1. The molecule has 0 bridgehead atoms. The third-order valence-corrected chi connectivity index (χ3v) is 5.94. The molecule has 4 rings (SSSR count). The maximum atomic E-state index is 12.1. The summed E-state index contributed by atoms with van der Waals surface area (Å²) in [5, 5.41) is 4.18. The highest BCUT2D eigenvalue weighted by atomic mass is 32.1. The quantitative estimate of drug-likeness (QED) is 0.906. The smallest absolute Gasteiger partial charge is 0.225 e. The first-order valence-electron chi connectivity index (χ1n) is 7.84. The van der Waals surface area contributed by atoms with Crippen molar-refractivity contribution in [2.45, 2.75) is 38.0 Å². The summed E-state index contributed by atoms with van der Waals surface area (Å²) >= 11 is 1.79. The Morgan fingerprint density at radius 3 is 2.73 bits per heavy atom. The van der Waals surface area contributed by atoms with Crippen LogP contribution in [0.3, 0.4) is 0 Å². The molecule has 114 valence electrons. The molecule has 0 spiro atoms. The third-order valence-electron chi connectivity index (χ3n) is 4.72. The van der Waals surface area contributed by atoms with Gasteiger partial charge in [0.25, 0.3) is 0 Å². The number of amides is 1. The Morgan fingerprint density at radius 1 is 1.18 bits per heavy atom. The van der Waals surface area contributed by atoms with E-state index in [1.807, 2.05) is 12.1 Å². The van der Waals surface area contributed by atoms with Crippen molar-refractivity contribution in [1.29, 1.82) is 0 Å². The maximum absolute atomic E-state index is 12.1. The van der Waals surface area contributed by atoms with Gasteiger partial charge in [-0.2, -0.15) is 0 Å². The molecule has 0 fully saturated rings. The molecular formula is C18H19NO2S. The topological polar surface area (TPSA) is 38.3 Å².